The van der Waals surface area contributed by atoms with Gasteiger partial charge in [-0.05, 0) is 61.2 Å². The van der Waals surface area contributed by atoms with Crippen LogP contribution in [0.3, 0.4) is 0 Å². The van der Waals surface area contributed by atoms with Crippen LogP contribution in [0.25, 0.3) is 5.76 Å². The zero-order chi connectivity index (χ0) is 27.8. The molecule has 2 aromatic carbocycles. The van der Waals surface area contributed by atoms with E-state index in [0.717, 1.165) is 55.8 Å². The maximum atomic E-state index is 13.4. The lowest BCUT2D eigenvalue weighted by molar-refractivity contribution is -0.140. The largest absolute Gasteiger partial charge is 0.507 e. The van der Waals surface area contributed by atoms with Gasteiger partial charge in [-0.1, -0.05) is 31.9 Å². The van der Waals surface area contributed by atoms with E-state index in [1.54, 1.807) is 30.2 Å². The van der Waals surface area contributed by atoms with Crippen LogP contribution >= 0.6 is 0 Å². The van der Waals surface area contributed by atoms with E-state index in [-0.39, 0.29) is 11.3 Å². The number of unbranched alkanes of at least 4 members (excludes halogenated alkanes) is 2. The van der Waals surface area contributed by atoms with Crippen molar-refractivity contribution in [1.29, 1.82) is 0 Å². The van der Waals surface area contributed by atoms with E-state index in [0.29, 0.717) is 44.1 Å². The lowest BCUT2D eigenvalue weighted by Crippen LogP contribution is -2.38. The van der Waals surface area contributed by atoms with E-state index < -0.39 is 17.7 Å². The van der Waals surface area contributed by atoms with Gasteiger partial charge in [-0.2, -0.15) is 0 Å². The number of benzene rings is 2. The van der Waals surface area contributed by atoms with Crippen LogP contribution in [-0.2, 0) is 14.3 Å². The average Bonchev–Trinajstić information content (AvgIpc) is 3.21. The van der Waals surface area contributed by atoms with E-state index in [4.69, 9.17) is 14.2 Å². The third-order valence-corrected chi connectivity index (χ3v) is 7.42. The number of likely N-dealkylation sites (tertiary alicyclic amines) is 1. The van der Waals surface area contributed by atoms with Crippen molar-refractivity contribution in [2.24, 2.45) is 0 Å². The quantitative estimate of drug-likeness (QED) is 0.182. The summed E-state index contributed by atoms with van der Waals surface area (Å²) in [6.45, 7) is 8.98. The first kappa shape index (κ1) is 28.6. The lowest BCUT2D eigenvalue weighted by Gasteiger charge is -2.29. The monoisotopic (exact) mass is 536 g/mol. The highest BCUT2D eigenvalue weighted by Crippen LogP contribution is 2.40. The average molecular weight is 537 g/mol. The Morgan fingerprint density at radius 1 is 1.00 bits per heavy atom. The summed E-state index contributed by atoms with van der Waals surface area (Å²) in [4.78, 5) is 30.6. The summed E-state index contributed by atoms with van der Waals surface area (Å²) in [5, 5.41) is 11.4. The number of morpholine rings is 1. The smallest absolute Gasteiger partial charge is 0.295 e. The predicted molar refractivity (Wildman–Crippen MR) is 150 cm³/mol. The Labute approximate surface area is 231 Å². The van der Waals surface area contributed by atoms with Gasteiger partial charge in [0.25, 0.3) is 11.7 Å². The second kappa shape index (κ2) is 13.6. The molecule has 8 heteroatoms. The zero-order valence-electron chi connectivity index (χ0n) is 23.3. The molecule has 0 saturated carbocycles. The number of aryl methyl sites for hydroxylation is 1. The normalized spacial score (nSPS) is 19.5. The first-order valence-electron chi connectivity index (χ1n) is 13.9. The number of Topliss-reactive ketones (excluding diaryl/α,β-unsaturated/α-hetero) is 1. The predicted octanol–water partition coefficient (Wildman–Crippen LogP) is 4.72. The van der Waals surface area contributed by atoms with Gasteiger partial charge >= 0.3 is 0 Å². The van der Waals surface area contributed by atoms with E-state index in [1.807, 2.05) is 31.2 Å². The summed E-state index contributed by atoms with van der Waals surface area (Å²) in [5.41, 5.74) is 2.12. The second-order valence-electron chi connectivity index (χ2n) is 10.1. The number of carbonyl (C=O) groups excluding carboxylic acids is 2. The fraction of sp³-hybridized carbons (Fsp3) is 0.484. The van der Waals surface area contributed by atoms with Crippen molar-refractivity contribution in [1.82, 2.24) is 9.80 Å². The highest BCUT2D eigenvalue weighted by atomic mass is 16.5. The van der Waals surface area contributed by atoms with E-state index >= 15 is 0 Å². The van der Waals surface area contributed by atoms with Crippen LogP contribution in [-0.4, -0.2) is 79.7 Å². The topological polar surface area (TPSA) is 88.5 Å². The number of carbonyl (C=O) groups is 2. The van der Waals surface area contributed by atoms with E-state index in [1.165, 1.54) is 0 Å². The van der Waals surface area contributed by atoms with Crippen molar-refractivity contribution in [3.05, 3.63) is 64.7 Å². The van der Waals surface area contributed by atoms with Crippen LogP contribution in [0.4, 0.5) is 0 Å². The molecular weight excluding hydrogens is 496 g/mol. The molecule has 39 heavy (non-hydrogen) atoms. The molecular formula is C31H40N2O6. The molecule has 2 saturated heterocycles. The lowest BCUT2D eigenvalue weighted by atomic mass is 9.93. The Bertz CT molecular complexity index is 1170. The number of methoxy groups -OCH3 is 1. The number of aliphatic hydroxyl groups excluding tert-OH is 1. The minimum atomic E-state index is -0.690. The van der Waals surface area contributed by atoms with Crippen LogP contribution in [0, 0.1) is 6.92 Å². The van der Waals surface area contributed by atoms with Crippen LogP contribution in [0.2, 0.25) is 0 Å². The third-order valence-electron chi connectivity index (χ3n) is 7.42. The molecule has 210 valence electrons. The van der Waals surface area contributed by atoms with Gasteiger partial charge < -0.3 is 24.2 Å². The van der Waals surface area contributed by atoms with Gasteiger partial charge in [-0.25, -0.2) is 0 Å². The summed E-state index contributed by atoms with van der Waals surface area (Å²) in [7, 11) is 1.58. The van der Waals surface area contributed by atoms with Crippen LogP contribution in [0.15, 0.2) is 48.0 Å². The molecule has 1 amide bonds. The minimum Gasteiger partial charge on any atom is -0.507 e. The molecule has 1 unspecified atom stereocenters. The van der Waals surface area contributed by atoms with Gasteiger partial charge in [0, 0.05) is 31.7 Å². The fourth-order valence-electron chi connectivity index (χ4n) is 5.21. The van der Waals surface area contributed by atoms with E-state index in [9.17, 15) is 14.7 Å². The number of nitrogens with zero attached hydrogens (tertiary/aromatic N) is 2. The molecule has 1 N–H and O–H groups in total. The summed E-state index contributed by atoms with van der Waals surface area (Å²) >= 11 is 0. The number of amides is 1. The van der Waals surface area contributed by atoms with Crippen molar-refractivity contribution in [2.75, 3.05) is 53.1 Å². The third kappa shape index (κ3) is 6.81. The van der Waals surface area contributed by atoms with Gasteiger partial charge in [0.15, 0.2) is 0 Å². The van der Waals surface area contributed by atoms with Crippen molar-refractivity contribution in [3.63, 3.8) is 0 Å². The van der Waals surface area contributed by atoms with Crippen molar-refractivity contribution in [2.45, 2.75) is 45.6 Å². The summed E-state index contributed by atoms with van der Waals surface area (Å²) in [6.07, 6.45) is 3.94. The number of hydrogen-bond acceptors (Lipinski definition) is 7. The van der Waals surface area contributed by atoms with Gasteiger partial charge in [0.1, 0.15) is 17.3 Å². The van der Waals surface area contributed by atoms with Gasteiger partial charge in [-0.3, -0.25) is 14.5 Å². The zero-order valence-corrected chi connectivity index (χ0v) is 23.3. The highest BCUT2D eigenvalue weighted by Gasteiger charge is 2.46. The number of rotatable bonds is 12. The Morgan fingerprint density at radius 2 is 1.72 bits per heavy atom. The molecule has 0 spiro atoms. The minimum absolute atomic E-state index is 0.108. The molecule has 2 aliphatic heterocycles. The number of ketones is 1. The van der Waals surface area contributed by atoms with Crippen molar-refractivity contribution < 1.29 is 28.9 Å². The summed E-state index contributed by atoms with van der Waals surface area (Å²) < 4.78 is 16.6. The van der Waals surface area contributed by atoms with Gasteiger partial charge in [-0.15, -0.1) is 0 Å². The fourth-order valence-corrected chi connectivity index (χ4v) is 5.21. The van der Waals surface area contributed by atoms with E-state index in [2.05, 4.69) is 11.8 Å². The SMILES string of the molecule is CCCCCOc1ccc(C2/C(=C(\O)c3ccc(OC)cc3C)C(=O)C(=O)N2CCCN2CCOCC2)cc1. The van der Waals surface area contributed by atoms with Gasteiger partial charge in [0.05, 0.1) is 38.5 Å². The molecule has 2 aliphatic rings. The molecule has 8 nitrogen and oxygen atoms in total. The molecule has 2 aromatic rings. The van der Waals surface area contributed by atoms with Crippen LogP contribution in [0.5, 0.6) is 11.5 Å². The highest BCUT2D eigenvalue weighted by molar-refractivity contribution is 6.46. The molecule has 2 heterocycles. The molecule has 0 bridgehead atoms. The first-order chi connectivity index (χ1) is 18.9. The molecule has 0 radical (unpaired) electrons. The van der Waals surface area contributed by atoms with Crippen LogP contribution in [0.1, 0.15) is 55.3 Å². The standard InChI is InChI=1S/C31H40N2O6/c1-4-5-6-18-39-24-10-8-23(9-11-24)28-27(29(34)26-13-12-25(37-3)21-22(26)2)30(35)31(36)33(28)15-7-14-32-16-19-38-20-17-32/h8-13,21,28,34H,4-7,14-20H2,1-3H3/b29-27+. The molecule has 0 aliphatic carbocycles. The number of hydrogen-bond donors (Lipinski definition) is 1. The maximum absolute atomic E-state index is 13.4. The summed E-state index contributed by atoms with van der Waals surface area (Å²) in [5.74, 6) is -0.0357. The Kier molecular flexibility index (Phi) is 10.0. The molecule has 1 atom stereocenters. The van der Waals surface area contributed by atoms with Gasteiger partial charge in [0.2, 0.25) is 0 Å². The first-order valence-corrected chi connectivity index (χ1v) is 13.9. The molecule has 2 fully saturated rings. The van der Waals surface area contributed by atoms with Crippen LogP contribution < -0.4 is 9.47 Å². The van der Waals surface area contributed by atoms with Crippen molar-refractivity contribution in [3.8, 4) is 11.5 Å². The molecule has 4 rings (SSSR count). The van der Waals surface area contributed by atoms with Crippen molar-refractivity contribution >= 4 is 17.4 Å². The Morgan fingerprint density at radius 3 is 2.38 bits per heavy atom. The Balaban J connectivity index is 1.64. The maximum Gasteiger partial charge on any atom is 0.295 e. The summed E-state index contributed by atoms with van der Waals surface area (Å²) in [6, 6.07) is 12.1. The number of ether oxygens (including phenoxy) is 3. The number of aliphatic hydroxyl groups is 1. The Hall–Kier alpha value is -3.36. The molecule has 0 aromatic heterocycles. The second-order valence-corrected chi connectivity index (χ2v) is 10.1.